The van der Waals surface area contributed by atoms with E-state index in [0.29, 0.717) is 0 Å². The number of fused-ring (bicyclic) bond motifs is 1. The fraction of sp³-hybridized carbons (Fsp3) is 0.438. The summed E-state index contributed by atoms with van der Waals surface area (Å²) < 4.78 is 0. The number of benzene rings is 1. The van der Waals surface area contributed by atoms with Gasteiger partial charge in [-0.05, 0) is 54.6 Å². The van der Waals surface area contributed by atoms with Crippen LogP contribution in [0.4, 0.5) is 5.69 Å². The number of hydrogen-bond donors (Lipinski definition) is 1. The SMILES string of the molecule is CC(=O)N1CCCc2cc(C3=CCNCC3)ccc21. The van der Waals surface area contributed by atoms with E-state index in [2.05, 4.69) is 29.6 Å². The van der Waals surface area contributed by atoms with E-state index in [1.165, 1.54) is 16.7 Å². The molecule has 2 heterocycles. The Bertz CT molecular complexity index is 534. The number of carbonyl (C=O) groups is 1. The van der Waals surface area contributed by atoms with E-state index in [1.807, 2.05) is 4.90 Å². The van der Waals surface area contributed by atoms with Crippen molar-refractivity contribution >= 4 is 17.2 Å². The molecule has 0 aromatic heterocycles. The van der Waals surface area contributed by atoms with Crippen LogP contribution in [-0.4, -0.2) is 25.5 Å². The van der Waals surface area contributed by atoms with Crippen LogP contribution in [0.1, 0.15) is 30.9 Å². The summed E-state index contributed by atoms with van der Waals surface area (Å²) in [6.45, 7) is 4.53. The van der Waals surface area contributed by atoms with Crippen LogP contribution in [-0.2, 0) is 11.2 Å². The third kappa shape index (κ3) is 2.43. The molecule has 0 saturated heterocycles. The zero-order valence-corrected chi connectivity index (χ0v) is 11.4. The van der Waals surface area contributed by atoms with Gasteiger partial charge in [0.25, 0.3) is 0 Å². The zero-order valence-electron chi connectivity index (χ0n) is 11.4. The second-order valence-corrected chi connectivity index (χ2v) is 5.30. The summed E-state index contributed by atoms with van der Waals surface area (Å²) in [7, 11) is 0. The molecule has 1 aromatic carbocycles. The number of rotatable bonds is 1. The lowest BCUT2D eigenvalue weighted by Crippen LogP contribution is -2.33. The van der Waals surface area contributed by atoms with Crippen LogP contribution in [0.15, 0.2) is 24.3 Å². The van der Waals surface area contributed by atoms with E-state index in [0.717, 1.165) is 44.6 Å². The molecule has 1 N–H and O–H groups in total. The molecule has 0 radical (unpaired) electrons. The first-order valence-electron chi connectivity index (χ1n) is 7.07. The molecular weight excluding hydrogens is 236 g/mol. The summed E-state index contributed by atoms with van der Waals surface area (Å²) in [5.41, 5.74) is 5.18. The molecule has 2 aliphatic rings. The van der Waals surface area contributed by atoms with Gasteiger partial charge in [-0.25, -0.2) is 0 Å². The average Bonchev–Trinajstić information content (AvgIpc) is 2.47. The van der Waals surface area contributed by atoms with Crippen molar-refractivity contribution in [3.63, 3.8) is 0 Å². The number of hydrogen-bond acceptors (Lipinski definition) is 2. The summed E-state index contributed by atoms with van der Waals surface area (Å²) in [6.07, 6.45) is 5.52. The monoisotopic (exact) mass is 256 g/mol. The molecule has 0 spiro atoms. The molecule has 0 atom stereocenters. The van der Waals surface area contributed by atoms with Crippen LogP contribution >= 0.6 is 0 Å². The number of nitrogens with one attached hydrogen (secondary N) is 1. The van der Waals surface area contributed by atoms with Gasteiger partial charge in [0.2, 0.25) is 5.91 Å². The van der Waals surface area contributed by atoms with Crippen LogP contribution in [0.5, 0.6) is 0 Å². The quantitative estimate of drug-likeness (QED) is 0.836. The maximum absolute atomic E-state index is 11.7. The first-order valence-corrected chi connectivity index (χ1v) is 7.07. The lowest BCUT2D eigenvalue weighted by Gasteiger charge is -2.29. The fourth-order valence-electron chi connectivity index (χ4n) is 3.01. The highest BCUT2D eigenvalue weighted by Crippen LogP contribution is 2.31. The van der Waals surface area contributed by atoms with E-state index in [-0.39, 0.29) is 5.91 Å². The molecule has 19 heavy (non-hydrogen) atoms. The molecular formula is C16H20N2O. The Morgan fingerprint density at radius 3 is 2.95 bits per heavy atom. The third-order valence-electron chi connectivity index (χ3n) is 4.01. The van der Waals surface area contributed by atoms with Crippen molar-refractivity contribution in [3.05, 3.63) is 35.4 Å². The molecule has 1 amide bonds. The lowest BCUT2D eigenvalue weighted by molar-refractivity contribution is -0.116. The Balaban J connectivity index is 1.95. The second kappa shape index (κ2) is 5.17. The Kier molecular flexibility index (Phi) is 3.38. The smallest absolute Gasteiger partial charge is 0.223 e. The molecule has 3 nitrogen and oxygen atoms in total. The Morgan fingerprint density at radius 2 is 2.21 bits per heavy atom. The van der Waals surface area contributed by atoms with Gasteiger partial charge in [-0.1, -0.05) is 12.1 Å². The van der Waals surface area contributed by atoms with Crippen molar-refractivity contribution in [3.8, 4) is 0 Å². The van der Waals surface area contributed by atoms with Crippen molar-refractivity contribution < 1.29 is 4.79 Å². The Labute approximate surface area is 114 Å². The fourth-order valence-corrected chi connectivity index (χ4v) is 3.01. The predicted molar refractivity (Wildman–Crippen MR) is 78.3 cm³/mol. The van der Waals surface area contributed by atoms with Crippen LogP contribution in [0.3, 0.4) is 0 Å². The molecule has 100 valence electrons. The number of amides is 1. The van der Waals surface area contributed by atoms with Gasteiger partial charge in [0, 0.05) is 25.7 Å². The summed E-state index contributed by atoms with van der Waals surface area (Å²) in [5, 5.41) is 3.34. The van der Waals surface area contributed by atoms with E-state index in [9.17, 15) is 4.79 Å². The molecule has 0 unspecified atom stereocenters. The largest absolute Gasteiger partial charge is 0.313 e. The summed E-state index contributed by atoms with van der Waals surface area (Å²) >= 11 is 0. The highest BCUT2D eigenvalue weighted by atomic mass is 16.2. The lowest BCUT2D eigenvalue weighted by atomic mass is 9.94. The summed E-state index contributed by atoms with van der Waals surface area (Å²) in [5.74, 6) is 0.148. The van der Waals surface area contributed by atoms with E-state index < -0.39 is 0 Å². The minimum Gasteiger partial charge on any atom is -0.313 e. The van der Waals surface area contributed by atoms with Crippen molar-refractivity contribution in [2.75, 3.05) is 24.5 Å². The molecule has 0 fully saturated rings. The first-order chi connectivity index (χ1) is 9.25. The summed E-state index contributed by atoms with van der Waals surface area (Å²) in [6, 6.07) is 6.56. The third-order valence-corrected chi connectivity index (χ3v) is 4.01. The Morgan fingerprint density at radius 1 is 1.32 bits per heavy atom. The van der Waals surface area contributed by atoms with Gasteiger partial charge in [0.1, 0.15) is 0 Å². The molecule has 3 rings (SSSR count). The zero-order chi connectivity index (χ0) is 13.2. The maximum Gasteiger partial charge on any atom is 0.223 e. The predicted octanol–water partition coefficient (Wildman–Crippen LogP) is 2.36. The van der Waals surface area contributed by atoms with Crippen molar-refractivity contribution in [2.45, 2.75) is 26.2 Å². The van der Waals surface area contributed by atoms with Gasteiger partial charge in [-0.15, -0.1) is 0 Å². The Hall–Kier alpha value is -1.61. The molecule has 1 aromatic rings. The van der Waals surface area contributed by atoms with Gasteiger partial charge in [-0.2, -0.15) is 0 Å². The van der Waals surface area contributed by atoms with Crippen molar-refractivity contribution in [2.24, 2.45) is 0 Å². The molecule has 2 aliphatic heterocycles. The molecule has 0 aliphatic carbocycles. The molecule has 0 bridgehead atoms. The molecule has 3 heteroatoms. The molecule has 0 saturated carbocycles. The highest BCUT2D eigenvalue weighted by Gasteiger charge is 2.20. The van der Waals surface area contributed by atoms with E-state index >= 15 is 0 Å². The maximum atomic E-state index is 11.7. The van der Waals surface area contributed by atoms with Gasteiger partial charge in [0.15, 0.2) is 0 Å². The van der Waals surface area contributed by atoms with Crippen LogP contribution in [0, 0.1) is 0 Å². The van der Waals surface area contributed by atoms with Gasteiger partial charge >= 0.3 is 0 Å². The standard InChI is InChI=1S/C16H20N2O/c1-12(19)18-10-2-3-15-11-14(4-5-16(15)18)13-6-8-17-9-7-13/h4-6,11,17H,2-3,7-10H2,1H3. The van der Waals surface area contributed by atoms with Gasteiger partial charge in [-0.3, -0.25) is 4.79 Å². The van der Waals surface area contributed by atoms with Crippen LogP contribution < -0.4 is 10.2 Å². The van der Waals surface area contributed by atoms with Crippen molar-refractivity contribution in [1.82, 2.24) is 5.32 Å². The minimum absolute atomic E-state index is 0.148. The number of nitrogens with zero attached hydrogens (tertiary/aromatic N) is 1. The van der Waals surface area contributed by atoms with Crippen LogP contribution in [0.25, 0.3) is 5.57 Å². The normalized spacial score (nSPS) is 18.8. The van der Waals surface area contributed by atoms with Crippen LogP contribution in [0.2, 0.25) is 0 Å². The average molecular weight is 256 g/mol. The summed E-state index contributed by atoms with van der Waals surface area (Å²) in [4.78, 5) is 13.6. The highest BCUT2D eigenvalue weighted by molar-refractivity contribution is 5.93. The topological polar surface area (TPSA) is 32.3 Å². The minimum atomic E-state index is 0.148. The van der Waals surface area contributed by atoms with Crippen molar-refractivity contribution in [1.29, 1.82) is 0 Å². The van der Waals surface area contributed by atoms with Gasteiger partial charge < -0.3 is 10.2 Å². The number of anilines is 1. The first kappa shape index (κ1) is 12.4. The number of aryl methyl sites for hydroxylation is 1. The second-order valence-electron chi connectivity index (χ2n) is 5.30. The van der Waals surface area contributed by atoms with E-state index in [4.69, 9.17) is 0 Å². The number of carbonyl (C=O) groups excluding carboxylic acids is 1. The van der Waals surface area contributed by atoms with Gasteiger partial charge in [0.05, 0.1) is 0 Å². The van der Waals surface area contributed by atoms with E-state index in [1.54, 1.807) is 6.92 Å².